The highest BCUT2D eigenvalue weighted by molar-refractivity contribution is 5.98. The molecule has 2 aromatic rings. The lowest BCUT2D eigenvalue weighted by Crippen LogP contribution is -2.10. The van der Waals surface area contributed by atoms with Crippen molar-refractivity contribution in [2.45, 2.75) is 6.42 Å². The van der Waals surface area contributed by atoms with Crippen LogP contribution in [0.3, 0.4) is 0 Å². The van der Waals surface area contributed by atoms with Crippen molar-refractivity contribution in [3.63, 3.8) is 0 Å². The van der Waals surface area contributed by atoms with E-state index in [1.165, 1.54) is 0 Å². The molecule has 0 amide bonds. The summed E-state index contributed by atoms with van der Waals surface area (Å²) in [6.07, 6.45) is 8.05. The van der Waals surface area contributed by atoms with E-state index in [9.17, 15) is 4.79 Å². The van der Waals surface area contributed by atoms with Crippen LogP contribution in [0.15, 0.2) is 66.8 Å². The Morgan fingerprint density at radius 2 is 1.95 bits per heavy atom. The lowest BCUT2D eigenvalue weighted by molar-refractivity contribution is -0.130. The van der Waals surface area contributed by atoms with Crippen LogP contribution in [0.5, 0.6) is 5.75 Å². The molecule has 0 saturated carbocycles. The van der Waals surface area contributed by atoms with Crippen molar-refractivity contribution in [1.29, 1.82) is 0 Å². The quantitative estimate of drug-likeness (QED) is 0.609. The highest BCUT2D eigenvalue weighted by Gasteiger charge is 2.14. The zero-order valence-corrected chi connectivity index (χ0v) is 11.0. The summed E-state index contributed by atoms with van der Waals surface area (Å²) in [6.45, 7) is 3.81. The second kappa shape index (κ2) is 5.17. The van der Waals surface area contributed by atoms with Gasteiger partial charge in [0, 0.05) is 11.0 Å². The van der Waals surface area contributed by atoms with Crippen LogP contribution in [0.25, 0.3) is 16.8 Å². The number of fused-ring (bicyclic) bond motifs is 1. The van der Waals surface area contributed by atoms with Gasteiger partial charge in [-0.2, -0.15) is 0 Å². The number of hydrogen-bond acceptors (Lipinski definition) is 2. The van der Waals surface area contributed by atoms with Gasteiger partial charge in [-0.05, 0) is 23.4 Å². The largest absolute Gasteiger partial charge is 0.422 e. The van der Waals surface area contributed by atoms with Gasteiger partial charge >= 0.3 is 5.97 Å². The second-order valence-electron chi connectivity index (χ2n) is 4.62. The molecule has 0 bridgehead atoms. The molecule has 1 aliphatic rings. The standard InChI is InChI=1S/C18H14O2/c1-2-13-11-12-17(16-10-6-5-9-15(13)16)20-18(19)14-7-3-4-8-14/h2-7,9-12H,1,8H2. The molecule has 0 aromatic heterocycles. The van der Waals surface area contributed by atoms with Gasteiger partial charge in [-0.15, -0.1) is 0 Å². The minimum atomic E-state index is -0.286. The SMILES string of the molecule is C=Cc1ccc(OC(=O)C2=CC=CC2)c2ccccc12. The van der Waals surface area contributed by atoms with Crippen molar-refractivity contribution < 1.29 is 9.53 Å². The summed E-state index contributed by atoms with van der Waals surface area (Å²) in [6, 6.07) is 11.6. The minimum absolute atomic E-state index is 0.286. The summed E-state index contributed by atoms with van der Waals surface area (Å²) in [7, 11) is 0. The maximum Gasteiger partial charge on any atom is 0.339 e. The molecule has 2 heteroatoms. The number of hydrogen-bond donors (Lipinski definition) is 0. The average Bonchev–Trinajstić information content (AvgIpc) is 3.02. The summed E-state index contributed by atoms with van der Waals surface area (Å²) in [5.41, 5.74) is 1.71. The zero-order chi connectivity index (χ0) is 13.9. The van der Waals surface area contributed by atoms with Gasteiger partial charge in [0.1, 0.15) is 5.75 Å². The van der Waals surface area contributed by atoms with Crippen LogP contribution >= 0.6 is 0 Å². The normalized spacial score (nSPS) is 13.3. The average molecular weight is 262 g/mol. The van der Waals surface area contributed by atoms with Crippen LogP contribution in [0.1, 0.15) is 12.0 Å². The van der Waals surface area contributed by atoms with E-state index in [2.05, 4.69) is 6.58 Å². The third-order valence-corrected chi connectivity index (χ3v) is 3.37. The maximum atomic E-state index is 12.1. The topological polar surface area (TPSA) is 26.3 Å². The first kappa shape index (κ1) is 12.4. The molecule has 2 nitrogen and oxygen atoms in total. The van der Waals surface area contributed by atoms with Crippen molar-refractivity contribution in [2.75, 3.05) is 0 Å². The fourth-order valence-electron chi connectivity index (χ4n) is 2.33. The monoisotopic (exact) mass is 262 g/mol. The number of allylic oxidation sites excluding steroid dienone is 3. The third kappa shape index (κ3) is 2.16. The summed E-state index contributed by atoms with van der Waals surface area (Å²) in [5, 5.41) is 1.95. The third-order valence-electron chi connectivity index (χ3n) is 3.37. The van der Waals surface area contributed by atoms with E-state index in [1.807, 2.05) is 48.6 Å². The summed E-state index contributed by atoms with van der Waals surface area (Å²) in [4.78, 5) is 12.1. The highest BCUT2D eigenvalue weighted by Crippen LogP contribution is 2.30. The molecule has 0 fully saturated rings. The van der Waals surface area contributed by atoms with Crippen molar-refractivity contribution in [2.24, 2.45) is 0 Å². The molecule has 98 valence electrons. The Labute approximate surface area is 117 Å². The molecule has 20 heavy (non-hydrogen) atoms. The van der Waals surface area contributed by atoms with E-state index in [0.29, 0.717) is 17.7 Å². The van der Waals surface area contributed by atoms with Crippen molar-refractivity contribution in [3.8, 4) is 5.75 Å². The first-order valence-corrected chi connectivity index (χ1v) is 6.51. The predicted molar refractivity (Wildman–Crippen MR) is 81.5 cm³/mol. The molecule has 0 radical (unpaired) electrons. The van der Waals surface area contributed by atoms with Crippen LogP contribution in [0.2, 0.25) is 0 Å². The molecule has 3 rings (SSSR count). The highest BCUT2D eigenvalue weighted by atomic mass is 16.5. The molecule has 1 aliphatic carbocycles. The minimum Gasteiger partial charge on any atom is -0.422 e. The van der Waals surface area contributed by atoms with Crippen molar-refractivity contribution in [1.82, 2.24) is 0 Å². The second-order valence-corrected chi connectivity index (χ2v) is 4.62. The van der Waals surface area contributed by atoms with E-state index in [1.54, 1.807) is 12.2 Å². The van der Waals surface area contributed by atoms with Gasteiger partial charge in [-0.1, -0.05) is 61.2 Å². The molecule has 0 unspecified atom stereocenters. The Hall–Kier alpha value is -2.61. The van der Waals surface area contributed by atoms with Gasteiger partial charge in [-0.25, -0.2) is 4.79 Å². The first-order valence-electron chi connectivity index (χ1n) is 6.51. The first-order chi connectivity index (χ1) is 9.79. The Morgan fingerprint density at radius 1 is 1.15 bits per heavy atom. The predicted octanol–water partition coefficient (Wildman–Crippen LogP) is 4.27. The number of carbonyl (C=O) groups is 1. The number of rotatable bonds is 3. The van der Waals surface area contributed by atoms with Gasteiger partial charge in [-0.3, -0.25) is 0 Å². The zero-order valence-electron chi connectivity index (χ0n) is 11.0. The Kier molecular flexibility index (Phi) is 3.21. The van der Waals surface area contributed by atoms with E-state index >= 15 is 0 Å². The number of ether oxygens (including phenoxy) is 1. The lowest BCUT2D eigenvalue weighted by atomic mass is 10.0. The molecule has 0 saturated heterocycles. The van der Waals surface area contributed by atoms with Crippen LogP contribution < -0.4 is 4.74 Å². The van der Waals surface area contributed by atoms with Gasteiger partial charge in [0.2, 0.25) is 0 Å². The van der Waals surface area contributed by atoms with Crippen LogP contribution in [0.4, 0.5) is 0 Å². The molecular weight excluding hydrogens is 248 g/mol. The lowest BCUT2D eigenvalue weighted by Gasteiger charge is -2.10. The number of benzene rings is 2. The Morgan fingerprint density at radius 3 is 2.65 bits per heavy atom. The van der Waals surface area contributed by atoms with Gasteiger partial charge < -0.3 is 4.74 Å². The van der Waals surface area contributed by atoms with E-state index in [-0.39, 0.29) is 5.97 Å². The van der Waals surface area contributed by atoms with Gasteiger partial charge in [0.25, 0.3) is 0 Å². The maximum absolute atomic E-state index is 12.1. The molecule has 0 spiro atoms. The molecule has 0 heterocycles. The van der Waals surface area contributed by atoms with Crippen LogP contribution in [-0.4, -0.2) is 5.97 Å². The number of esters is 1. The van der Waals surface area contributed by atoms with E-state index in [4.69, 9.17) is 4.74 Å². The number of carbonyl (C=O) groups excluding carboxylic acids is 1. The summed E-state index contributed by atoms with van der Waals surface area (Å²) >= 11 is 0. The Bertz CT molecular complexity index is 751. The summed E-state index contributed by atoms with van der Waals surface area (Å²) in [5.74, 6) is 0.301. The Balaban J connectivity index is 2.00. The van der Waals surface area contributed by atoms with Crippen LogP contribution in [0, 0.1) is 0 Å². The van der Waals surface area contributed by atoms with Gasteiger partial charge in [0.15, 0.2) is 0 Å². The van der Waals surface area contributed by atoms with Gasteiger partial charge in [0.05, 0.1) is 0 Å². The van der Waals surface area contributed by atoms with Crippen molar-refractivity contribution >= 4 is 22.8 Å². The molecule has 0 N–H and O–H groups in total. The molecule has 2 aromatic carbocycles. The van der Waals surface area contributed by atoms with E-state index in [0.717, 1.165) is 16.3 Å². The molecular formula is C18H14O2. The molecule has 0 aliphatic heterocycles. The van der Waals surface area contributed by atoms with Crippen LogP contribution in [-0.2, 0) is 4.79 Å². The van der Waals surface area contributed by atoms with E-state index < -0.39 is 0 Å². The summed E-state index contributed by atoms with van der Waals surface area (Å²) < 4.78 is 5.53. The fourth-order valence-corrected chi connectivity index (χ4v) is 2.33. The molecule has 0 atom stereocenters. The smallest absolute Gasteiger partial charge is 0.339 e. The fraction of sp³-hybridized carbons (Fsp3) is 0.0556. The van der Waals surface area contributed by atoms with Crippen molar-refractivity contribution in [3.05, 3.63) is 72.3 Å².